The van der Waals surface area contributed by atoms with Crippen molar-refractivity contribution in [3.8, 4) is 0 Å². The summed E-state index contributed by atoms with van der Waals surface area (Å²) in [5, 5.41) is 0. The maximum atomic E-state index is 2.47. The molecule has 2 aliphatic carbocycles. The van der Waals surface area contributed by atoms with E-state index in [2.05, 4.69) is 48.6 Å². The highest BCUT2D eigenvalue weighted by atomic mass is 28.3. The van der Waals surface area contributed by atoms with Gasteiger partial charge in [0, 0.05) is 0 Å². The van der Waals surface area contributed by atoms with Crippen LogP contribution in [0.3, 0.4) is 0 Å². The topological polar surface area (TPSA) is 0 Å². The van der Waals surface area contributed by atoms with E-state index in [-0.39, 0.29) is 0 Å². The lowest BCUT2D eigenvalue weighted by Gasteiger charge is -2.42. The molecule has 1 aliphatic heterocycles. The summed E-state index contributed by atoms with van der Waals surface area (Å²) >= 11 is 0. The first-order valence-corrected chi connectivity index (χ1v) is 9.19. The zero-order valence-corrected chi connectivity index (χ0v) is 10.8. The molecule has 1 heteroatoms. The van der Waals surface area contributed by atoms with Gasteiger partial charge < -0.3 is 0 Å². The molecule has 84 valence electrons. The monoisotopic (exact) mass is 228 g/mol. The molecule has 1 fully saturated rings. The molecule has 0 amide bonds. The highest BCUT2D eigenvalue weighted by Gasteiger charge is 2.44. The quantitative estimate of drug-likeness (QED) is 0.605. The Balaban J connectivity index is 1.92. The molecule has 3 aliphatic rings. The SMILES string of the molecule is C1=CC([Si]2(C3C=CC=C3)CCCCC2)C=C1. The molecule has 1 saturated heterocycles. The Kier molecular flexibility index (Phi) is 2.72. The molecule has 0 bridgehead atoms. The third-order valence-corrected chi connectivity index (χ3v) is 10.6. The van der Waals surface area contributed by atoms with E-state index in [1.165, 1.54) is 31.4 Å². The Bertz CT molecular complexity index is 313. The third kappa shape index (κ3) is 1.58. The lowest BCUT2D eigenvalue weighted by molar-refractivity contribution is 0.695. The van der Waals surface area contributed by atoms with Crippen LogP contribution in [0.4, 0.5) is 0 Å². The maximum absolute atomic E-state index is 2.47. The minimum absolute atomic E-state index is 0.810. The van der Waals surface area contributed by atoms with E-state index < -0.39 is 8.07 Å². The van der Waals surface area contributed by atoms with Crippen molar-refractivity contribution in [1.29, 1.82) is 0 Å². The van der Waals surface area contributed by atoms with Gasteiger partial charge in [0.25, 0.3) is 0 Å². The van der Waals surface area contributed by atoms with Crippen molar-refractivity contribution in [2.45, 2.75) is 42.4 Å². The second kappa shape index (κ2) is 4.21. The molecule has 3 rings (SSSR count). The minimum atomic E-state index is -1.16. The predicted octanol–water partition coefficient (Wildman–Crippen LogP) is 4.61. The summed E-state index contributed by atoms with van der Waals surface area (Å²) in [6, 6.07) is 3.07. The van der Waals surface area contributed by atoms with E-state index in [9.17, 15) is 0 Å². The second-order valence-corrected chi connectivity index (χ2v) is 10.2. The molecule has 0 spiro atoms. The van der Waals surface area contributed by atoms with Crippen molar-refractivity contribution in [3.63, 3.8) is 0 Å². The maximum Gasteiger partial charge on any atom is 0.0758 e. The standard InChI is InChI=1S/C15H20Si/c1-6-12-16(13-7-1,14-8-2-3-9-14)15-10-4-5-11-15/h2-5,8-11,14-15H,1,6-7,12-13H2. The zero-order chi connectivity index (χ0) is 10.8. The average Bonchev–Trinajstić information content (AvgIpc) is 3.04. The Labute approximate surface area is 99.5 Å². The first-order chi connectivity index (χ1) is 7.92. The fraction of sp³-hybridized carbons (Fsp3) is 0.467. The molecule has 0 unspecified atom stereocenters. The van der Waals surface area contributed by atoms with Gasteiger partial charge in [-0.05, 0) is 11.1 Å². The smallest absolute Gasteiger partial charge is 0.0758 e. The molecule has 0 atom stereocenters. The molecule has 0 radical (unpaired) electrons. The summed E-state index contributed by atoms with van der Waals surface area (Å²) in [5.41, 5.74) is 1.62. The van der Waals surface area contributed by atoms with Gasteiger partial charge in [-0.2, -0.15) is 0 Å². The first kappa shape index (κ1) is 10.3. The molecule has 0 saturated carbocycles. The molecule has 0 aromatic heterocycles. The average molecular weight is 228 g/mol. The van der Waals surface area contributed by atoms with Gasteiger partial charge in [-0.25, -0.2) is 0 Å². The van der Waals surface area contributed by atoms with Crippen molar-refractivity contribution in [2.75, 3.05) is 0 Å². The number of allylic oxidation sites excluding steroid dienone is 8. The van der Waals surface area contributed by atoms with Crippen LogP contribution in [0.25, 0.3) is 0 Å². The highest BCUT2D eigenvalue weighted by molar-refractivity contribution is 6.84. The van der Waals surface area contributed by atoms with Crippen molar-refractivity contribution in [2.24, 2.45) is 0 Å². The van der Waals surface area contributed by atoms with Gasteiger partial charge in [-0.3, -0.25) is 0 Å². The zero-order valence-electron chi connectivity index (χ0n) is 9.81. The van der Waals surface area contributed by atoms with Crippen LogP contribution in [0.5, 0.6) is 0 Å². The van der Waals surface area contributed by atoms with Crippen molar-refractivity contribution in [1.82, 2.24) is 0 Å². The number of hydrogen-bond acceptors (Lipinski definition) is 0. The first-order valence-electron chi connectivity index (χ1n) is 6.62. The summed E-state index contributed by atoms with van der Waals surface area (Å²) < 4.78 is 0. The lowest BCUT2D eigenvalue weighted by Crippen LogP contribution is -2.43. The Morgan fingerprint density at radius 2 is 1.06 bits per heavy atom. The van der Waals surface area contributed by atoms with Gasteiger partial charge in [0.05, 0.1) is 8.07 Å². The van der Waals surface area contributed by atoms with Gasteiger partial charge in [-0.15, -0.1) is 0 Å². The van der Waals surface area contributed by atoms with Gasteiger partial charge in [0.2, 0.25) is 0 Å². The highest BCUT2D eigenvalue weighted by Crippen LogP contribution is 2.49. The Morgan fingerprint density at radius 1 is 0.625 bits per heavy atom. The van der Waals surface area contributed by atoms with E-state index in [0.29, 0.717) is 0 Å². The van der Waals surface area contributed by atoms with Crippen LogP contribution in [-0.2, 0) is 0 Å². The largest absolute Gasteiger partial charge is 0.0803 e. The van der Waals surface area contributed by atoms with Crippen LogP contribution in [-0.4, -0.2) is 8.07 Å². The van der Waals surface area contributed by atoms with Crippen LogP contribution in [0.15, 0.2) is 48.6 Å². The number of rotatable bonds is 2. The molecular formula is C15H20Si. The van der Waals surface area contributed by atoms with Gasteiger partial charge in [-0.1, -0.05) is 80.0 Å². The van der Waals surface area contributed by atoms with Crippen molar-refractivity contribution >= 4 is 8.07 Å². The molecular weight excluding hydrogens is 208 g/mol. The van der Waals surface area contributed by atoms with E-state index >= 15 is 0 Å². The summed E-state index contributed by atoms with van der Waals surface area (Å²) in [7, 11) is -1.16. The molecule has 0 nitrogen and oxygen atoms in total. The second-order valence-electron chi connectivity index (χ2n) is 5.38. The van der Waals surface area contributed by atoms with Crippen LogP contribution in [0.2, 0.25) is 23.2 Å². The summed E-state index contributed by atoms with van der Waals surface area (Å²) in [6.07, 6.45) is 23.3. The molecule has 0 N–H and O–H groups in total. The van der Waals surface area contributed by atoms with Gasteiger partial charge in [0.1, 0.15) is 0 Å². The van der Waals surface area contributed by atoms with E-state index in [4.69, 9.17) is 0 Å². The van der Waals surface area contributed by atoms with Gasteiger partial charge in [0.15, 0.2) is 0 Å². The Morgan fingerprint density at radius 3 is 1.50 bits per heavy atom. The summed E-state index contributed by atoms with van der Waals surface area (Å²) in [4.78, 5) is 0. The van der Waals surface area contributed by atoms with E-state index in [1.807, 2.05) is 0 Å². The summed E-state index contributed by atoms with van der Waals surface area (Å²) in [5.74, 6) is 0. The van der Waals surface area contributed by atoms with Crippen molar-refractivity contribution in [3.05, 3.63) is 48.6 Å². The third-order valence-electron chi connectivity index (χ3n) is 4.61. The van der Waals surface area contributed by atoms with Gasteiger partial charge >= 0.3 is 0 Å². The van der Waals surface area contributed by atoms with Crippen LogP contribution in [0, 0.1) is 0 Å². The molecule has 16 heavy (non-hydrogen) atoms. The molecule has 1 heterocycles. The minimum Gasteiger partial charge on any atom is -0.0803 e. The fourth-order valence-electron chi connectivity index (χ4n) is 3.73. The lowest BCUT2D eigenvalue weighted by atomic mass is 10.3. The Hall–Kier alpha value is -0.823. The molecule has 0 aromatic rings. The van der Waals surface area contributed by atoms with Crippen LogP contribution < -0.4 is 0 Å². The van der Waals surface area contributed by atoms with Crippen molar-refractivity contribution < 1.29 is 0 Å². The van der Waals surface area contributed by atoms with Crippen LogP contribution in [0.1, 0.15) is 19.3 Å². The predicted molar refractivity (Wildman–Crippen MR) is 73.3 cm³/mol. The van der Waals surface area contributed by atoms with E-state index in [1.54, 1.807) is 0 Å². The van der Waals surface area contributed by atoms with E-state index in [0.717, 1.165) is 11.1 Å². The fourth-order valence-corrected chi connectivity index (χ4v) is 9.55. The molecule has 0 aromatic carbocycles. The number of hydrogen-bond donors (Lipinski definition) is 0. The normalized spacial score (nSPS) is 28.2. The van der Waals surface area contributed by atoms with Crippen LogP contribution >= 0.6 is 0 Å². The summed E-state index contributed by atoms with van der Waals surface area (Å²) in [6.45, 7) is 0.